The third-order valence-electron chi connectivity index (χ3n) is 6.15. The Balaban J connectivity index is 1.58. The summed E-state index contributed by atoms with van der Waals surface area (Å²) in [6, 6.07) is 13.2. The summed E-state index contributed by atoms with van der Waals surface area (Å²) < 4.78 is 0. The summed E-state index contributed by atoms with van der Waals surface area (Å²) >= 11 is 0. The van der Waals surface area contributed by atoms with Gasteiger partial charge in [-0.3, -0.25) is 4.79 Å². The third kappa shape index (κ3) is 3.59. The minimum absolute atomic E-state index is 0.109. The second kappa shape index (κ2) is 7.01. The van der Waals surface area contributed by atoms with Gasteiger partial charge in [0.2, 0.25) is 0 Å². The number of carbonyl (C=O) groups is 1. The zero-order valence-electron chi connectivity index (χ0n) is 16.2. The lowest BCUT2D eigenvalue weighted by Crippen LogP contribution is -2.47. The number of aryl methyl sites for hydroxylation is 1. The number of rotatable bonds is 2. The number of benzene rings is 2. The largest absolute Gasteiger partial charge is 0.507 e. The van der Waals surface area contributed by atoms with E-state index in [4.69, 9.17) is 0 Å². The molecule has 142 valence electrons. The Morgan fingerprint density at radius 3 is 2.70 bits per heavy atom. The van der Waals surface area contributed by atoms with Crippen LogP contribution in [0.25, 0.3) is 11.1 Å². The van der Waals surface area contributed by atoms with Gasteiger partial charge in [-0.2, -0.15) is 0 Å². The molecule has 2 aromatic carbocycles. The molecule has 4 nitrogen and oxygen atoms in total. The minimum atomic E-state index is 0.109. The van der Waals surface area contributed by atoms with E-state index in [0.717, 1.165) is 49.3 Å². The standard InChI is InChI=1S/C23H28N2O2/c1-17-7-8-21(26)20(13-17)18-5-3-6-19(14-18)22(27)25-11-4-9-23(16-25)10-12-24(2)15-23/h3,5-8,13-14,26H,4,9-12,15-16H2,1-2H3/t23-/m1/s1. The first-order valence-corrected chi connectivity index (χ1v) is 9.84. The molecule has 2 heterocycles. The maximum atomic E-state index is 13.2. The third-order valence-corrected chi connectivity index (χ3v) is 6.15. The molecule has 2 aliphatic heterocycles. The molecule has 1 N–H and O–H groups in total. The Kier molecular flexibility index (Phi) is 4.68. The van der Waals surface area contributed by atoms with E-state index in [0.29, 0.717) is 5.56 Å². The molecule has 2 saturated heterocycles. The molecule has 0 aliphatic carbocycles. The first kappa shape index (κ1) is 18.1. The number of likely N-dealkylation sites (tertiary alicyclic amines) is 2. The monoisotopic (exact) mass is 364 g/mol. The topological polar surface area (TPSA) is 43.8 Å². The van der Waals surface area contributed by atoms with Gasteiger partial charge in [0.25, 0.3) is 5.91 Å². The van der Waals surface area contributed by atoms with Crippen molar-refractivity contribution in [2.45, 2.75) is 26.2 Å². The summed E-state index contributed by atoms with van der Waals surface area (Å²) in [5.74, 6) is 0.355. The molecular weight excluding hydrogens is 336 g/mol. The van der Waals surface area contributed by atoms with Crippen molar-refractivity contribution in [1.82, 2.24) is 9.80 Å². The Bertz CT molecular complexity index is 859. The number of carbonyl (C=O) groups excluding carboxylic acids is 1. The van der Waals surface area contributed by atoms with Crippen molar-refractivity contribution in [3.63, 3.8) is 0 Å². The Labute approximate surface area is 161 Å². The van der Waals surface area contributed by atoms with Gasteiger partial charge in [-0.05, 0) is 69.6 Å². The van der Waals surface area contributed by atoms with Gasteiger partial charge in [0.15, 0.2) is 0 Å². The molecule has 2 aliphatic rings. The van der Waals surface area contributed by atoms with Crippen LogP contribution in [-0.4, -0.2) is 54.0 Å². The molecule has 1 atom stereocenters. The van der Waals surface area contributed by atoms with Crippen LogP contribution in [0.3, 0.4) is 0 Å². The van der Waals surface area contributed by atoms with Gasteiger partial charge < -0.3 is 14.9 Å². The maximum Gasteiger partial charge on any atom is 0.253 e. The van der Waals surface area contributed by atoms with Crippen LogP contribution in [0.2, 0.25) is 0 Å². The van der Waals surface area contributed by atoms with Gasteiger partial charge in [-0.15, -0.1) is 0 Å². The van der Waals surface area contributed by atoms with Crippen LogP contribution < -0.4 is 0 Å². The van der Waals surface area contributed by atoms with E-state index in [2.05, 4.69) is 11.9 Å². The molecule has 0 radical (unpaired) electrons. The maximum absolute atomic E-state index is 13.2. The molecule has 4 heteroatoms. The SMILES string of the molecule is Cc1ccc(O)c(-c2cccc(C(=O)N3CCC[C@]4(CCN(C)C4)C3)c2)c1. The second-order valence-corrected chi connectivity index (χ2v) is 8.42. The molecule has 4 rings (SSSR count). The number of piperidine rings is 1. The number of hydrogen-bond acceptors (Lipinski definition) is 3. The summed E-state index contributed by atoms with van der Waals surface area (Å²) in [4.78, 5) is 17.6. The van der Waals surface area contributed by atoms with Crippen molar-refractivity contribution in [1.29, 1.82) is 0 Å². The van der Waals surface area contributed by atoms with Crippen LogP contribution in [0.15, 0.2) is 42.5 Å². The summed E-state index contributed by atoms with van der Waals surface area (Å²) in [5, 5.41) is 10.2. The predicted octanol–water partition coefficient (Wildman–Crippen LogP) is 3.93. The average molecular weight is 364 g/mol. The number of phenolic OH excluding ortho intramolecular Hbond substituents is 1. The van der Waals surface area contributed by atoms with E-state index >= 15 is 0 Å². The zero-order chi connectivity index (χ0) is 19.0. The average Bonchev–Trinajstić information content (AvgIpc) is 3.03. The zero-order valence-corrected chi connectivity index (χ0v) is 16.2. The Morgan fingerprint density at radius 2 is 1.93 bits per heavy atom. The highest BCUT2D eigenvalue weighted by Crippen LogP contribution is 2.39. The van der Waals surface area contributed by atoms with Crippen LogP contribution in [0.5, 0.6) is 5.75 Å². The van der Waals surface area contributed by atoms with Crippen LogP contribution in [0, 0.1) is 12.3 Å². The van der Waals surface area contributed by atoms with E-state index in [1.54, 1.807) is 6.07 Å². The molecule has 2 aromatic rings. The van der Waals surface area contributed by atoms with Crippen LogP contribution >= 0.6 is 0 Å². The van der Waals surface area contributed by atoms with Gasteiger partial charge in [-0.1, -0.05) is 23.8 Å². The second-order valence-electron chi connectivity index (χ2n) is 8.42. The van der Waals surface area contributed by atoms with Crippen molar-refractivity contribution in [2.75, 3.05) is 33.2 Å². The van der Waals surface area contributed by atoms with Crippen molar-refractivity contribution in [3.8, 4) is 16.9 Å². The summed E-state index contributed by atoms with van der Waals surface area (Å²) in [6.45, 7) is 5.92. The minimum Gasteiger partial charge on any atom is -0.507 e. The van der Waals surface area contributed by atoms with Gasteiger partial charge in [0.1, 0.15) is 5.75 Å². The normalized spacial score (nSPS) is 23.1. The van der Waals surface area contributed by atoms with Crippen molar-refractivity contribution < 1.29 is 9.90 Å². The molecule has 0 bridgehead atoms. The lowest BCUT2D eigenvalue weighted by molar-refractivity contribution is 0.0534. The van der Waals surface area contributed by atoms with E-state index in [1.165, 1.54) is 12.8 Å². The van der Waals surface area contributed by atoms with E-state index in [-0.39, 0.29) is 17.1 Å². The molecule has 0 aromatic heterocycles. The molecule has 0 unspecified atom stereocenters. The van der Waals surface area contributed by atoms with Gasteiger partial charge >= 0.3 is 0 Å². The van der Waals surface area contributed by atoms with Gasteiger partial charge in [-0.25, -0.2) is 0 Å². The number of amides is 1. The van der Waals surface area contributed by atoms with Gasteiger partial charge in [0.05, 0.1) is 0 Å². The number of phenols is 1. The Morgan fingerprint density at radius 1 is 1.07 bits per heavy atom. The van der Waals surface area contributed by atoms with Crippen LogP contribution in [0.4, 0.5) is 0 Å². The summed E-state index contributed by atoms with van der Waals surface area (Å²) in [5.41, 5.74) is 3.72. The highest BCUT2D eigenvalue weighted by Gasteiger charge is 2.41. The highest BCUT2D eigenvalue weighted by molar-refractivity contribution is 5.95. The van der Waals surface area contributed by atoms with E-state index < -0.39 is 0 Å². The molecule has 1 spiro atoms. The smallest absolute Gasteiger partial charge is 0.253 e. The first-order chi connectivity index (χ1) is 13.0. The molecule has 1 amide bonds. The predicted molar refractivity (Wildman–Crippen MR) is 108 cm³/mol. The number of aromatic hydroxyl groups is 1. The van der Waals surface area contributed by atoms with E-state index in [9.17, 15) is 9.90 Å². The fraction of sp³-hybridized carbons (Fsp3) is 0.435. The van der Waals surface area contributed by atoms with Crippen LogP contribution in [-0.2, 0) is 0 Å². The molecule has 0 saturated carbocycles. The lowest BCUT2D eigenvalue weighted by Gasteiger charge is -2.40. The van der Waals surface area contributed by atoms with Crippen LogP contribution in [0.1, 0.15) is 35.2 Å². The number of nitrogens with zero attached hydrogens (tertiary/aromatic N) is 2. The lowest BCUT2D eigenvalue weighted by atomic mass is 9.79. The van der Waals surface area contributed by atoms with Crippen molar-refractivity contribution >= 4 is 5.91 Å². The van der Waals surface area contributed by atoms with Gasteiger partial charge in [0, 0.05) is 36.2 Å². The highest BCUT2D eigenvalue weighted by atomic mass is 16.3. The summed E-state index contributed by atoms with van der Waals surface area (Å²) in [6.07, 6.45) is 3.49. The molecular formula is C23H28N2O2. The van der Waals surface area contributed by atoms with Crippen molar-refractivity contribution in [2.24, 2.45) is 5.41 Å². The fourth-order valence-electron chi connectivity index (χ4n) is 4.76. The molecule has 27 heavy (non-hydrogen) atoms. The van der Waals surface area contributed by atoms with Crippen molar-refractivity contribution in [3.05, 3.63) is 53.6 Å². The Hall–Kier alpha value is -2.33. The number of hydrogen-bond donors (Lipinski definition) is 1. The summed E-state index contributed by atoms with van der Waals surface area (Å²) in [7, 11) is 2.17. The molecule has 2 fully saturated rings. The van der Waals surface area contributed by atoms with E-state index in [1.807, 2.05) is 48.2 Å². The first-order valence-electron chi connectivity index (χ1n) is 9.84. The fourth-order valence-corrected chi connectivity index (χ4v) is 4.76. The quantitative estimate of drug-likeness (QED) is 0.878.